The second-order valence-electron chi connectivity index (χ2n) is 9.76. The minimum atomic E-state index is -0.380. The molecule has 0 radical (unpaired) electrons. The summed E-state index contributed by atoms with van der Waals surface area (Å²) in [5.41, 5.74) is 4.58. The molecule has 3 aromatic carbocycles. The van der Waals surface area contributed by atoms with Gasteiger partial charge in [0.1, 0.15) is 18.2 Å². The lowest BCUT2D eigenvalue weighted by Crippen LogP contribution is -2.29. The Kier molecular flexibility index (Phi) is 8.64. The first kappa shape index (κ1) is 27.8. The van der Waals surface area contributed by atoms with E-state index in [2.05, 4.69) is 48.9 Å². The van der Waals surface area contributed by atoms with Crippen molar-refractivity contribution in [1.29, 1.82) is 0 Å². The average molecular weight is 532 g/mol. The van der Waals surface area contributed by atoms with Crippen molar-refractivity contribution in [2.24, 2.45) is 0 Å². The van der Waals surface area contributed by atoms with Gasteiger partial charge < -0.3 is 28.8 Å². The zero-order chi connectivity index (χ0) is 28.1. The van der Waals surface area contributed by atoms with Crippen LogP contribution in [0.5, 0.6) is 23.0 Å². The van der Waals surface area contributed by atoms with E-state index in [1.54, 1.807) is 12.1 Å². The zero-order valence-electron chi connectivity index (χ0n) is 23.7. The molecule has 0 saturated heterocycles. The molecule has 1 aromatic heterocycles. The van der Waals surface area contributed by atoms with Crippen molar-refractivity contribution in [2.75, 3.05) is 27.9 Å². The number of carbonyl (C=O) groups excluding carboxylic acids is 1. The average Bonchev–Trinajstić information content (AvgIpc) is 3.30. The Morgan fingerprint density at radius 3 is 2.26 bits per heavy atom. The third-order valence-corrected chi connectivity index (χ3v) is 6.71. The predicted octanol–water partition coefficient (Wildman–Crippen LogP) is 6.06. The Labute approximate surface area is 229 Å². The number of hydrogen-bond donors (Lipinski definition) is 1. The SMILES string of the molecule is COc1cc(C(=O)NC(C)c2nc3ccccc3n2CCOc2cc(C)ccc2C(C)C)cc(OC)c1OC. The van der Waals surface area contributed by atoms with E-state index < -0.39 is 0 Å². The van der Waals surface area contributed by atoms with E-state index in [1.165, 1.54) is 26.9 Å². The molecule has 0 aliphatic heterocycles. The molecule has 0 fully saturated rings. The van der Waals surface area contributed by atoms with Crippen LogP contribution < -0.4 is 24.3 Å². The molecular weight excluding hydrogens is 494 g/mol. The van der Waals surface area contributed by atoms with Crippen LogP contribution in [0.15, 0.2) is 54.6 Å². The number of aromatic nitrogens is 2. The number of amides is 1. The fourth-order valence-electron chi connectivity index (χ4n) is 4.71. The van der Waals surface area contributed by atoms with E-state index in [0.717, 1.165) is 28.2 Å². The maximum absolute atomic E-state index is 13.3. The van der Waals surface area contributed by atoms with E-state index in [9.17, 15) is 4.79 Å². The number of nitrogens with one attached hydrogen (secondary N) is 1. The van der Waals surface area contributed by atoms with Crippen molar-refractivity contribution in [3.8, 4) is 23.0 Å². The van der Waals surface area contributed by atoms with E-state index in [0.29, 0.717) is 41.9 Å². The third-order valence-electron chi connectivity index (χ3n) is 6.71. The summed E-state index contributed by atoms with van der Waals surface area (Å²) >= 11 is 0. The Morgan fingerprint density at radius 1 is 0.923 bits per heavy atom. The number of imidazole rings is 1. The summed E-state index contributed by atoms with van der Waals surface area (Å²) in [5.74, 6) is 2.98. The molecule has 1 N–H and O–H groups in total. The predicted molar refractivity (Wildman–Crippen MR) is 152 cm³/mol. The molecule has 0 saturated carbocycles. The monoisotopic (exact) mass is 531 g/mol. The fraction of sp³-hybridized carbons (Fsp3) is 0.355. The molecule has 4 rings (SSSR count). The first-order valence-electron chi connectivity index (χ1n) is 13.1. The molecule has 0 bridgehead atoms. The number of para-hydroxylation sites is 2. The number of aryl methyl sites for hydroxylation is 1. The summed E-state index contributed by atoms with van der Waals surface area (Å²) in [6.45, 7) is 9.35. The van der Waals surface area contributed by atoms with Crippen LogP contribution in [0.4, 0.5) is 0 Å². The van der Waals surface area contributed by atoms with E-state index >= 15 is 0 Å². The van der Waals surface area contributed by atoms with Crippen LogP contribution in [0.3, 0.4) is 0 Å². The van der Waals surface area contributed by atoms with Crippen LogP contribution in [0.2, 0.25) is 0 Å². The topological polar surface area (TPSA) is 83.8 Å². The molecular formula is C31H37N3O5. The largest absolute Gasteiger partial charge is 0.493 e. The molecule has 0 aliphatic rings. The molecule has 206 valence electrons. The highest BCUT2D eigenvalue weighted by atomic mass is 16.5. The van der Waals surface area contributed by atoms with Crippen LogP contribution in [0.25, 0.3) is 11.0 Å². The minimum Gasteiger partial charge on any atom is -0.493 e. The summed E-state index contributed by atoms with van der Waals surface area (Å²) in [6, 6.07) is 17.2. The van der Waals surface area contributed by atoms with Crippen molar-refractivity contribution >= 4 is 16.9 Å². The number of fused-ring (bicyclic) bond motifs is 1. The van der Waals surface area contributed by atoms with Crippen molar-refractivity contribution in [3.63, 3.8) is 0 Å². The van der Waals surface area contributed by atoms with Gasteiger partial charge in [-0.3, -0.25) is 4.79 Å². The molecule has 0 aliphatic carbocycles. The highest BCUT2D eigenvalue weighted by molar-refractivity contribution is 5.96. The van der Waals surface area contributed by atoms with E-state index in [-0.39, 0.29) is 11.9 Å². The highest BCUT2D eigenvalue weighted by Gasteiger charge is 2.22. The summed E-state index contributed by atoms with van der Waals surface area (Å²) in [4.78, 5) is 18.2. The first-order valence-corrected chi connectivity index (χ1v) is 13.1. The summed E-state index contributed by atoms with van der Waals surface area (Å²) in [7, 11) is 4.57. The third kappa shape index (κ3) is 5.95. The van der Waals surface area contributed by atoms with Gasteiger partial charge in [-0.2, -0.15) is 0 Å². The van der Waals surface area contributed by atoms with Gasteiger partial charge in [-0.25, -0.2) is 4.98 Å². The quantitative estimate of drug-likeness (QED) is 0.253. The highest BCUT2D eigenvalue weighted by Crippen LogP contribution is 2.38. The fourth-order valence-corrected chi connectivity index (χ4v) is 4.71. The lowest BCUT2D eigenvalue weighted by Gasteiger charge is -2.19. The second kappa shape index (κ2) is 12.1. The van der Waals surface area contributed by atoms with Gasteiger partial charge in [-0.05, 0) is 61.2 Å². The number of methoxy groups -OCH3 is 3. The van der Waals surface area contributed by atoms with Gasteiger partial charge >= 0.3 is 0 Å². The number of ether oxygens (including phenoxy) is 4. The molecule has 1 unspecified atom stereocenters. The molecule has 1 atom stereocenters. The van der Waals surface area contributed by atoms with Crippen LogP contribution >= 0.6 is 0 Å². The Bertz CT molecular complexity index is 1440. The van der Waals surface area contributed by atoms with E-state index in [4.69, 9.17) is 23.9 Å². The van der Waals surface area contributed by atoms with Crippen molar-refractivity contribution < 1.29 is 23.7 Å². The maximum atomic E-state index is 13.3. The number of benzene rings is 3. The maximum Gasteiger partial charge on any atom is 0.252 e. The molecule has 8 nitrogen and oxygen atoms in total. The minimum absolute atomic E-state index is 0.280. The molecule has 39 heavy (non-hydrogen) atoms. The van der Waals surface area contributed by atoms with Crippen molar-refractivity contribution in [3.05, 3.63) is 77.1 Å². The second-order valence-corrected chi connectivity index (χ2v) is 9.76. The van der Waals surface area contributed by atoms with Crippen LogP contribution in [-0.4, -0.2) is 43.4 Å². The van der Waals surface area contributed by atoms with Crippen molar-refractivity contribution in [1.82, 2.24) is 14.9 Å². The van der Waals surface area contributed by atoms with Crippen LogP contribution in [0.1, 0.15) is 60.0 Å². The van der Waals surface area contributed by atoms with Gasteiger partial charge in [-0.1, -0.05) is 38.1 Å². The normalized spacial score (nSPS) is 11.9. The Balaban J connectivity index is 1.58. The Morgan fingerprint density at radius 2 is 1.62 bits per heavy atom. The van der Waals surface area contributed by atoms with Gasteiger partial charge in [0, 0.05) is 5.56 Å². The van der Waals surface area contributed by atoms with Gasteiger partial charge in [0.15, 0.2) is 11.5 Å². The van der Waals surface area contributed by atoms with Crippen LogP contribution in [-0.2, 0) is 6.54 Å². The zero-order valence-corrected chi connectivity index (χ0v) is 23.7. The number of nitrogens with zero attached hydrogens (tertiary/aromatic N) is 2. The van der Waals surface area contributed by atoms with E-state index in [1.807, 2.05) is 31.2 Å². The lowest BCUT2D eigenvalue weighted by molar-refractivity contribution is 0.0936. The Hall–Kier alpha value is -4.20. The molecule has 1 heterocycles. The summed E-state index contributed by atoms with van der Waals surface area (Å²) < 4.78 is 24.6. The summed E-state index contributed by atoms with van der Waals surface area (Å²) in [6.07, 6.45) is 0. The molecule has 4 aromatic rings. The molecule has 1 amide bonds. The molecule has 0 spiro atoms. The summed E-state index contributed by atoms with van der Waals surface area (Å²) in [5, 5.41) is 3.08. The number of rotatable bonds is 11. The van der Waals surface area contributed by atoms with Crippen molar-refractivity contribution in [2.45, 2.75) is 46.2 Å². The first-order chi connectivity index (χ1) is 18.8. The smallest absolute Gasteiger partial charge is 0.252 e. The standard InChI is InChI=1S/C31H37N3O5/c1-19(2)23-13-12-20(3)16-26(23)39-15-14-34-25-11-9-8-10-24(25)33-30(34)21(4)32-31(35)22-17-27(36-5)29(38-7)28(18-22)37-6/h8-13,16-19,21H,14-15H2,1-7H3,(H,32,35). The van der Waals surface area contributed by atoms with Gasteiger partial charge in [0.05, 0.1) is 44.9 Å². The van der Waals surface area contributed by atoms with Gasteiger partial charge in [-0.15, -0.1) is 0 Å². The number of carbonyl (C=O) groups is 1. The van der Waals surface area contributed by atoms with Gasteiger partial charge in [0.25, 0.3) is 5.91 Å². The van der Waals surface area contributed by atoms with Crippen LogP contribution in [0, 0.1) is 6.92 Å². The molecule has 8 heteroatoms. The lowest BCUT2D eigenvalue weighted by atomic mass is 10.0. The number of hydrogen-bond acceptors (Lipinski definition) is 6. The van der Waals surface area contributed by atoms with Gasteiger partial charge in [0.2, 0.25) is 5.75 Å².